The van der Waals surface area contributed by atoms with Gasteiger partial charge in [-0.2, -0.15) is 0 Å². The third kappa shape index (κ3) is 5.71. The van der Waals surface area contributed by atoms with Crippen molar-refractivity contribution in [2.75, 3.05) is 37.7 Å². The molecule has 1 N–H and O–H groups in total. The highest BCUT2D eigenvalue weighted by molar-refractivity contribution is 7.14. The van der Waals surface area contributed by atoms with Crippen LogP contribution in [0.3, 0.4) is 0 Å². The van der Waals surface area contributed by atoms with Crippen LogP contribution in [0, 0.1) is 31.6 Å². The molecule has 2 bridgehead atoms. The van der Waals surface area contributed by atoms with Gasteiger partial charge in [-0.05, 0) is 99.1 Å². The number of nitrogens with zero attached hydrogens (tertiary/aromatic N) is 3. The van der Waals surface area contributed by atoms with Crippen molar-refractivity contribution in [1.29, 1.82) is 0 Å². The summed E-state index contributed by atoms with van der Waals surface area (Å²) in [7, 11) is 0. The Kier molecular flexibility index (Phi) is 7.63. The molecule has 1 aromatic heterocycles. The van der Waals surface area contributed by atoms with E-state index in [-0.39, 0.29) is 12.5 Å². The predicted octanol–water partition coefficient (Wildman–Crippen LogP) is 6.09. The van der Waals surface area contributed by atoms with Gasteiger partial charge in [0.05, 0.1) is 5.69 Å². The van der Waals surface area contributed by atoms with E-state index in [1.807, 2.05) is 36.1 Å². The van der Waals surface area contributed by atoms with Gasteiger partial charge in [0.25, 0.3) is 5.91 Å². The van der Waals surface area contributed by atoms with Gasteiger partial charge in [-0.25, -0.2) is 4.98 Å². The molecule has 2 atom stereocenters. The summed E-state index contributed by atoms with van der Waals surface area (Å²) in [5, 5.41) is 12.7. The van der Waals surface area contributed by atoms with E-state index in [0.29, 0.717) is 25.6 Å². The lowest BCUT2D eigenvalue weighted by atomic mass is 9.97. The highest BCUT2D eigenvalue weighted by Crippen LogP contribution is 2.40. The summed E-state index contributed by atoms with van der Waals surface area (Å²) in [5.74, 6) is 2.89. The standard InChI is InChI=1S/C32H39N3O3S/c1-21-3-8-30(28(13-21)29-20-39-32(33-29)35-16-24-4-5-25(15-24)17-35)38-19-27-7-6-26(14-22(27)2)31(37)34-11-9-23(18-36)10-12-34/h3,6-8,13-14,20,23-25,36H,4-5,9-12,15-19H2,1-2H3. The smallest absolute Gasteiger partial charge is 0.253 e. The first kappa shape index (κ1) is 26.3. The first-order valence-corrected chi connectivity index (χ1v) is 15.3. The molecule has 7 heteroatoms. The number of piperidine rings is 2. The van der Waals surface area contributed by atoms with Crippen molar-refractivity contribution >= 4 is 22.4 Å². The van der Waals surface area contributed by atoms with E-state index in [1.165, 1.54) is 24.8 Å². The number of hydrogen-bond donors (Lipinski definition) is 1. The molecule has 6 rings (SSSR count). The topological polar surface area (TPSA) is 65.9 Å². The number of anilines is 1. The second kappa shape index (κ2) is 11.3. The monoisotopic (exact) mass is 545 g/mol. The molecule has 3 fully saturated rings. The lowest BCUT2D eigenvalue weighted by molar-refractivity contribution is 0.0650. The summed E-state index contributed by atoms with van der Waals surface area (Å²) in [6, 6.07) is 12.2. The van der Waals surface area contributed by atoms with Crippen molar-refractivity contribution in [3.63, 3.8) is 0 Å². The third-order valence-electron chi connectivity index (χ3n) is 8.91. The van der Waals surface area contributed by atoms with E-state index in [4.69, 9.17) is 9.72 Å². The summed E-state index contributed by atoms with van der Waals surface area (Å²) in [6.45, 7) is 8.49. The van der Waals surface area contributed by atoms with Crippen molar-refractivity contribution < 1.29 is 14.6 Å². The Morgan fingerprint density at radius 3 is 2.54 bits per heavy atom. The molecule has 1 aliphatic carbocycles. The van der Waals surface area contributed by atoms with Crippen molar-refractivity contribution in [1.82, 2.24) is 9.88 Å². The number of amides is 1. The second-order valence-corrected chi connectivity index (χ2v) is 12.6. The Hall–Kier alpha value is -2.90. The zero-order valence-corrected chi connectivity index (χ0v) is 23.9. The fraction of sp³-hybridized carbons (Fsp3) is 0.500. The van der Waals surface area contributed by atoms with Crippen molar-refractivity contribution in [2.24, 2.45) is 17.8 Å². The summed E-state index contributed by atoms with van der Waals surface area (Å²) in [5.41, 5.74) is 6.04. The maximum Gasteiger partial charge on any atom is 0.253 e. The maximum absolute atomic E-state index is 13.0. The van der Waals surface area contributed by atoms with Crippen LogP contribution >= 0.6 is 11.3 Å². The summed E-state index contributed by atoms with van der Waals surface area (Å²) < 4.78 is 6.39. The number of likely N-dealkylation sites (tertiary alicyclic amines) is 1. The van der Waals surface area contributed by atoms with Gasteiger partial charge < -0.3 is 19.6 Å². The lowest BCUT2D eigenvalue weighted by Gasteiger charge is -2.31. The fourth-order valence-corrected chi connectivity index (χ4v) is 7.36. The van der Waals surface area contributed by atoms with Crippen LogP contribution in [0.15, 0.2) is 41.8 Å². The molecule has 1 saturated carbocycles. The Bertz CT molecular complexity index is 1320. The van der Waals surface area contributed by atoms with E-state index in [9.17, 15) is 9.90 Å². The number of ether oxygens (including phenoxy) is 1. The third-order valence-corrected chi connectivity index (χ3v) is 9.81. The quantitative estimate of drug-likeness (QED) is 0.389. The molecule has 3 aromatic rings. The normalized spacial score (nSPS) is 21.4. The summed E-state index contributed by atoms with van der Waals surface area (Å²) in [4.78, 5) is 22.5. The van der Waals surface area contributed by atoms with Gasteiger partial charge in [-0.15, -0.1) is 11.3 Å². The molecule has 2 aliphatic heterocycles. The number of aromatic nitrogens is 1. The van der Waals surface area contributed by atoms with Crippen LogP contribution in [0.25, 0.3) is 11.3 Å². The average molecular weight is 546 g/mol. The van der Waals surface area contributed by atoms with E-state index in [2.05, 4.69) is 29.3 Å². The molecule has 3 aliphatic rings. The molecule has 2 saturated heterocycles. The molecule has 2 unspecified atom stereocenters. The minimum atomic E-state index is 0.0730. The van der Waals surface area contributed by atoms with Gasteiger partial charge in [0.2, 0.25) is 0 Å². The molecule has 1 amide bonds. The first-order chi connectivity index (χ1) is 19.0. The van der Waals surface area contributed by atoms with Crippen molar-refractivity contribution in [3.05, 3.63) is 64.0 Å². The molecular formula is C32H39N3O3S. The van der Waals surface area contributed by atoms with Crippen LogP contribution in [0.4, 0.5) is 5.13 Å². The Morgan fingerprint density at radius 1 is 1.05 bits per heavy atom. The van der Waals surface area contributed by atoms with E-state index in [0.717, 1.165) is 76.6 Å². The number of aryl methyl sites for hydroxylation is 2. The highest BCUT2D eigenvalue weighted by Gasteiger charge is 2.34. The Balaban J connectivity index is 1.14. The Labute approximate surface area is 235 Å². The molecule has 39 heavy (non-hydrogen) atoms. The largest absolute Gasteiger partial charge is 0.488 e. The molecule has 3 heterocycles. The van der Waals surface area contributed by atoms with Crippen LogP contribution in [-0.2, 0) is 6.61 Å². The zero-order valence-electron chi connectivity index (χ0n) is 23.1. The lowest BCUT2D eigenvalue weighted by Crippen LogP contribution is -2.39. The number of fused-ring (bicyclic) bond motifs is 2. The number of benzene rings is 2. The second-order valence-electron chi connectivity index (χ2n) is 11.8. The van der Waals surface area contributed by atoms with Gasteiger partial charge >= 0.3 is 0 Å². The van der Waals surface area contributed by atoms with Gasteiger partial charge in [-0.1, -0.05) is 17.7 Å². The number of aliphatic hydroxyl groups excluding tert-OH is 1. The van der Waals surface area contributed by atoms with Crippen LogP contribution in [-0.4, -0.2) is 53.7 Å². The van der Waals surface area contributed by atoms with Crippen molar-refractivity contribution in [3.8, 4) is 17.0 Å². The zero-order chi connectivity index (χ0) is 26.9. The van der Waals surface area contributed by atoms with Gasteiger partial charge in [0.15, 0.2) is 5.13 Å². The SMILES string of the molecule is Cc1ccc(OCc2ccc(C(=O)N3CCC(CO)CC3)cc2C)c(-c2csc(N3CC4CCC(C4)C3)n2)c1. The maximum atomic E-state index is 13.0. The predicted molar refractivity (Wildman–Crippen MR) is 157 cm³/mol. The molecular weight excluding hydrogens is 506 g/mol. The number of carbonyl (C=O) groups excluding carboxylic acids is 1. The Morgan fingerprint density at radius 2 is 1.82 bits per heavy atom. The van der Waals surface area contributed by atoms with E-state index < -0.39 is 0 Å². The highest BCUT2D eigenvalue weighted by atomic mass is 32.1. The minimum Gasteiger partial charge on any atom is -0.488 e. The van der Waals surface area contributed by atoms with E-state index in [1.54, 1.807) is 11.3 Å². The van der Waals surface area contributed by atoms with Crippen LogP contribution < -0.4 is 9.64 Å². The molecule has 206 valence electrons. The van der Waals surface area contributed by atoms with Gasteiger partial charge in [-0.3, -0.25) is 4.79 Å². The van der Waals surface area contributed by atoms with Crippen LogP contribution in [0.1, 0.15) is 59.2 Å². The van der Waals surface area contributed by atoms with E-state index >= 15 is 0 Å². The summed E-state index contributed by atoms with van der Waals surface area (Å²) in [6.07, 6.45) is 5.86. The number of aliphatic hydroxyl groups is 1. The number of hydrogen-bond acceptors (Lipinski definition) is 6. The molecule has 6 nitrogen and oxygen atoms in total. The fourth-order valence-electron chi connectivity index (χ4n) is 6.51. The summed E-state index contributed by atoms with van der Waals surface area (Å²) >= 11 is 1.74. The first-order valence-electron chi connectivity index (χ1n) is 14.4. The number of thiazole rings is 1. The van der Waals surface area contributed by atoms with Gasteiger partial charge in [0, 0.05) is 49.3 Å². The number of carbonyl (C=O) groups is 1. The molecule has 0 spiro atoms. The van der Waals surface area contributed by atoms with Crippen LogP contribution in [0.5, 0.6) is 5.75 Å². The average Bonchev–Trinajstić information content (AvgIpc) is 3.58. The molecule has 2 aromatic carbocycles. The minimum absolute atomic E-state index is 0.0730. The molecule has 0 radical (unpaired) electrons. The number of rotatable bonds is 7. The van der Waals surface area contributed by atoms with Crippen molar-refractivity contribution in [2.45, 2.75) is 52.6 Å². The van der Waals surface area contributed by atoms with Gasteiger partial charge in [0.1, 0.15) is 12.4 Å². The van der Waals surface area contributed by atoms with Crippen LogP contribution in [0.2, 0.25) is 0 Å².